The number of anilines is 1. The van der Waals surface area contributed by atoms with Gasteiger partial charge in [0, 0.05) is 31.8 Å². The molecule has 136 valence electrons. The van der Waals surface area contributed by atoms with Crippen molar-refractivity contribution in [1.82, 2.24) is 16.2 Å². The van der Waals surface area contributed by atoms with Crippen molar-refractivity contribution in [2.75, 3.05) is 25.2 Å². The maximum Gasteiger partial charge on any atom is 0.242 e. The summed E-state index contributed by atoms with van der Waals surface area (Å²) in [4.78, 5) is 25.5. The second-order valence-corrected chi connectivity index (χ2v) is 6.40. The summed E-state index contributed by atoms with van der Waals surface area (Å²) in [5.41, 5.74) is 6.96. The fraction of sp³-hybridized carbons (Fsp3) is 0.471. The van der Waals surface area contributed by atoms with E-state index >= 15 is 0 Å². The molecular formula is C17H24N4O3S. The number of benzene rings is 1. The van der Waals surface area contributed by atoms with E-state index in [0.717, 1.165) is 24.2 Å². The highest BCUT2D eigenvalue weighted by Crippen LogP contribution is 2.21. The van der Waals surface area contributed by atoms with E-state index in [2.05, 4.69) is 16.2 Å². The van der Waals surface area contributed by atoms with Gasteiger partial charge in [-0.05, 0) is 43.3 Å². The summed E-state index contributed by atoms with van der Waals surface area (Å²) in [5.74, 6) is -0.0491. The maximum atomic E-state index is 12.0. The van der Waals surface area contributed by atoms with Crippen LogP contribution in [0, 0.1) is 0 Å². The van der Waals surface area contributed by atoms with E-state index in [-0.39, 0.29) is 24.3 Å². The van der Waals surface area contributed by atoms with Crippen molar-refractivity contribution >= 4 is 34.8 Å². The van der Waals surface area contributed by atoms with E-state index < -0.39 is 0 Å². The largest absolute Gasteiger partial charge is 0.383 e. The van der Waals surface area contributed by atoms with E-state index in [4.69, 9.17) is 17.0 Å². The molecule has 25 heavy (non-hydrogen) atoms. The van der Waals surface area contributed by atoms with Crippen LogP contribution in [-0.2, 0) is 20.7 Å². The van der Waals surface area contributed by atoms with Crippen molar-refractivity contribution in [3.63, 3.8) is 0 Å². The van der Waals surface area contributed by atoms with Gasteiger partial charge in [-0.25, -0.2) is 0 Å². The molecule has 0 radical (unpaired) electrons. The Hall–Kier alpha value is -2.19. The van der Waals surface area contributed by atoms with Crippen LogP contribution in [0.1, 0.15) is 25.3 Å². The van der Waals surface area contributed by atoms with Crippen LogP contribution in [0.15, 0.2) is 24.3 Å². The highest BCUT2D eigenvalue weighted by molar-refractivity contribution is 7.80. The molecule has 8 heteroatoms. The van der Waals surface area contributed by atoms with Gasteiger partial charge in [0.25, 0.3) is 0 Å². The van der Waals surface area contributed by atoms with Gasteiger partial charge in [-0.2, -0.15) is 0 Å². The summed E-state index contributed by atoms with van der Waals surface area (Å²) in [6.07, 6.45) is 1.72. The number of hydrogen-bond acceptors (Lipinski definition) is 4. The Labute approximate surface area is 153 Å². The zero-order chi connectivity index (χ0) is 18.2. The number of methoxy groups -OCH3 is 1. The summed E-state index contributed by atoms with van der Waals surface area (Å²) in [6.45, 7) is 3.20. The minimum absolute atomic E-state index is 0.0442. The van der Waals surface area contributed by atoms with Gasteiger partial charge in [-0.1, -0.05) is 12.1 Å². The lowest BCUT2D eigenvalue weighted by molar-refractivity contribution is -0.121. The van der Waals surface area contributed by atoms with Crippen LogP contribution in [0.4, 0.5) is 5.69 Å². The quantitative estimate of drug-likeness (QED) is 0.514. The molecule has 1 aromatic rings. The van der Waals surface area contributed by atoms with Gasteiger partial charge >= 0.3 is 0 Å². The number of nitrogens with one attached hydrogen (secondary N) is 3. The van der Waals surface area contributed by atoms with Crippen LogP contribution in [0.5, 0.6) is 0 Å². The molecule has 0 unspecified atom stereocenters. The Morgan fingerprint density at radius 1 is 1.32 bits per heavy atom. The lowest BCUT2D eigenvalue weighted by Gasteiger charge is -2.17. The minimum Gasteiger partial charge on any atom is -0.383 e. The number of amides is 2. The zero-order valence-corrected chi connectivity index (χ0v) is 15.3. The van der Waals surface area contributed by atoms with Crippen molar-refractivity contribution in [1.29, 1.82) is 0 Å². The first kappa shape index (κ1) is 19.1. The molecule has 1 fully saturated rings. The lowest BCUT2D eigenvalue weighted by atomic mass is 10.1. The van der Waals surface area contributed by atoms with Crippen LogP contribution >= 0.6 is 12.2 Å². The zero-order valence-electron chi connectivity index (χ0n) is 14.5. The number of carbonyl (C=O) groups excluding carboxylic acids is 2. The average molecular weight is 364 g/mol. The third-order valence-corrected chi connectivity index (χ3v) is 4.02. The molecule has 1 heterocycles. The first-order valence-electron chi connectivity index (χ1n) is 8.23. The smallest absolute Gasteiger partial charge is 0.242 e. The van der Waals surface area contributed by atoms with Crippen LogP contribution in [0.2, 0.25) is 0 Å². The second-order valence-electron chi connectivity index (χ2n) is 6.00. The number of hydrazine groups is 1. The molecule has 0 bridgehead atoms. The van der Waals surface area contributed by atoms with Crippen LogP contribution in [-0.4, -0.2) is 43.2 Å². The summed E-state index contributed by atoms with van der Waals surface area (Å²) >= 11 is 5.09. The Balaban J connectivity index is 1.76. The molecule has 2 rings (SSSR count). The van der Waals surface area contributed by atoms with Crippen molar-refractivity contribution < 1.29 is 14.3 Å². The van der Waals surface area contributed by atoms with Gasteiger partial charge in [-0.3, -0.25) is 20.4 Å². The van der Waals surface area contributed by atoms with Crippen molar-refractivity contribution in [2.24, 2.45) is 0 Å². The fourth-order valence-electron chi connectivity index (χ4n) is 2.62. The van der Waals surface area contributed by atoms with E-state index in [1.165, 1.54) is 0 Å². The van der Waals surface area contributed by atoms with Crippen LogP contribution in [0.3, 0.4) is 0 Å². The van der Waals surface area contributed by atoms with Crippen molar-refractivity contribution in [2.45, 2.75) is 32.2 Å². The fourth-order valence-corrected chi connectivity index (χ4v) is 2.87. The number of rotatable bonds is 6. The molecule has 3 N–H and O–H groups in total. The lowest BCUT2D eigenvalue weighted by Crippen LogP contribution is -2.50. The normalized spacial score (nSPS) is 15.0. The SMILES string of the molecule is COC[C@H](C)NC(=S)NNC(=O)Cc1ccc(N2CCCC2=O)cc1. The summed E-state index contributed by atoms with van der Waals surface area (Å²) in [7, 11) is 1.61. The highest BCUT2D eigenvalue weighted by Gasteiger charge is 2.21. The molecular weight excluding hydrogens is 340 g/mol. The monoisotopic (exact) mass is 364 g/mol. The summed E-state index contributed by atoms with van der Waals surface area (Å²) in [5, 5.41) is 3.32. The third kappa shape index (κ3) is 5.99. The molecule has 0 aliphatic carbocycles. The molecule has 0 spiro atoms. The molecule has 0 aromatic heterocycles. The molecule has 0 saturated carbocycles. The van der Waals surface area contributed by atoms with Gasteiger partial charge in [0.05, 0.1) is 13.0 Å². The Morgan fingerprint density at radius 2 is 2.04 bits per heavy atom. The molecule has 7 nitrogen and oxygen atoms in total. The first-order chi connectivity index (χ1) is 12.0. The average Bonchev–Trinajstić information content (AvgIpc) is 3.00. The van der Waals surface area contributed by atoms with Gasteiger partial charge in [0.1, 0.15) is 0 Å². The van der Waals surface area contributed by atoms with Crippen molar-refractivity contribution in [3.05, 3.63) is 29.8 Å². The van der Waals surface area contributed by atoms with Crippen LogP contribution in [0.25, 0.3) is 0 Å². The second kappa shape index (κ2) is 9.33. The minimum atomic E-state index is -0.200. The number of thiocarbonyl (C=S) groups is 1. The molecule has 1 saturated heterocycles. The Kier molecular flexibility index (Phi) is 7.15. The first-order valence-corrected chi connectivity index (χ1v) is 8.64. The highest BCUT2D eigenvalue weighted by atomic mass is 32.1. The molecule has 1 aliphatic heterocycles. The summed E-state index contributed by atoms with van der Waals surface area (Å²) in [6, 6.07) is 7.51. The van der Waals surface area contributed by atoms with Crippen LogP contribution < -0.4 is 21.1 Å². The van der Waals surface area contributed by atoms with Gasteiger partial charge in [0.15, 0.2) is 5.11 Å². The van der Waals surface area contributed by atoms with E-state index in [0.29, 0.717) is 18.1 Å². The number of ether oxygens (including phenoxy) is 1. The molecule has 1 atom stereocenters. The summed E-state index contributed by atoms with van der Waals surface area (Å²) < 4.78 is 5.00. The van der Waals surface area contributed by atoms with Gasteiger partial charge in [0.2, 0.25) is 11.8 Å². The van der Waals surface area contributed by atoms with Crippen molar-refractivity contribution in [3.8, 4) is 0 Å². The van der Waals surface area contributed by atoms with E-state index in [9.17, 15) is 9.59 Å². The van der Waals surface area contributed by atoms with E-state index in [1.54, 1.807) is 12.0 Å². The van der Waals surface area contributed by atoms with E-state index in [1.807, 2.05) is 31.2 Å². The maximum absolute atomic E-state index is 12.0. The topological polar surface area (TPSA) is 82.7 Å². The van der Waals surface area contributed by atoms with Gasteiger partial charge in [-0.15, -0.1) is 0 Å². The number of hydrogen-bond donors (Lipinski definition) is 3. The predicted molar refractivity (Wildman–Crippen MR) is 100 cm³/mol. The Morgan fingerprint density at radius 3 is 2.64 bits per heavy atom. The molecule has 1 aliphatic rings. The molecule has 1 aromatic carbocycles. The van der Waals surface area contributed by atoms with Gasteiger partial charge < -0.3 is 15.0 Å². The molecule has 2 amide bonds. The Bertz CT molecular complexity index is 621. The standard InChI is InChI=1S/C17H24N4O3S/c1-12(11-24-2)18-17(25)20-19-15(22)10-13-5-7-14(8-6-13)21-9-3-4-16(21)23/h5-8,12H,3-4,9-11H2,1-2H3,(H,19,22)(H2,18,20,25)/t12-/m0/s1. The number of nitrogens with zero attached hydrogens (tertiary/aromatic N) is 1. The third-order valence-electron chi connectivity index (χ3n) is 3.80. The number of carbonyl (C=O) groups is 2. The predicted octanol–water partition coefficient (Wildman–Crippen LogP) is 0.886.